The van der Waals surface area contributed by atoms with Crippen LogP contribution in [0.15, 0.2) is 36.4 Å². The minimum atomic E-state index is -2.83. The fourth-order valence-corrected chi connectivity index (χ4v) is 8.75. The van der Waals surface area contributed by atoms with E-state index < -0.39 is 9.71 Å². The number of halogens is 1. The Morgan fingerprint density at radius 2 is 1.95 bits per heavy atom. The van der Waals surface area contributed by atoms with Gasteiger partial charge in [0.15, 0.2) is 0 Å². The van der Waals surface area contributed by atoms with Crippen LogP contribution in [0, 0.1) is 11.8 Å². The van der Waals surface area contributed by atoms with Gasteiger partial charge in [-0.25, -0.2) is 4.21 Å². The quantitative estimate of drug-likeness (QED) is 0.399. The fourth-order valence-electron chi connectivity index (χ4n) is 7.37. The Labute approximate surface area is 243 Å². The SMILES string of the molecule is C=S1(=O)NC(=O)c2ccc3c(c2)N(C[C@@H]2CC[C@H]2[C@H](O)CCCC[C@H]1C)C[C@@]1(CCCc2cc(Cl)ccc21)CO3. The van der Waals surface area contributed by atoms with Gasteiger partial charge in [0.2, 0.25) is 0 Å². The number of aliphatic hydroxyl groups excluding tert-OH is 1. The number of aliphatic hydroxyl groups is 1. The van der Waals surface area contributed by atoms with Gasteiger partial charge in [-0.05, 0) is 111 Å². The number of benzene rings is 2. The molecule has 1 spiro atoms. The summed E-state index contributed by atoms with van der Waals surface area (Å²) in [5, 5.41) is 11.7. The molecule has 40 heavy (non-hydrogen) atoms. The van der Waals surface area contributed by atoms with E-state index in [1.54, 1.807) is 6.07 Å². The lowest BCUT2D eigenvalue weighted by atomic mass is 9.68. The number of carbonyl (C=O) groups is 1. The van der Waals surface area contributed by atoms with Crippen LogP contribution in [0.1, 0.15) is 79.8 Å². The van der Waals surface area contributed by atoms with Gasteiger partial charge in [0.25, 0.3) is 5.91 Å². The second kappa shape index (κ2) is 10.9. The smallest absolute Gasteiger partial charge is 0.262 e. The zero-order chi connectivity index (χ0) is 28.1. The summed E-state index contributed by atoms with van der Waals surface area (Å²) in [6.45, 7) is 4.01. The molecule has 0 radical (unpaired) electrons. The van der Waals surface area contributed by atoms with E-state index in [9.17, 15) is 14.1 Å². The lowest BCUT2D eigenvalue weighted by Crippen LogP contribution is -2.49. The molecule has 2 aliphatic carbocycles. The molecule has 2 heterocycles. The largest absolute Gasteiger partial charge is 0.490 e. The van der Waals surface area contributed by atoms with Crippen LogP contribution >= 0.6 is 11.6 Å². The van der Waals surface area contributed by atoms with E-state index in [1.165, 1.54) is 11.1 Å². The molecular weight excluding hydrogens is 544 g/mol. The lowest BCUT2D eigenvalue weighted by molar-refractivity contribution is 0.00905. The van der Waals surface area contributed by atoms with Gasteiger partial charge in [-0.2, -0.15) is 0 Å². The number of carbonyl (C=O) groups excluding carboxylic acids is 1. The Kier molecular flexibility index (Phi) is 7.60. The minimum Gasteiger partial charge on any atom is -0.490 e. The third kappa shape index (κ3) is 5.25. The normalized spacial score (nSPS) is 34.5. The van der Waals surface area contributed by atoms with Crippen molar-refractivity contribution >= 4 is 38.8 Å². The topological polar surface area (TPSA) is 78.9 Å². The predicted molar refractivity (Wildman–Crippen MR) is 163 cm³/mol. The van der Waals surface area contributed by atoms with Crippen LogP contribution in [0.2, 0.25) is 5.02 Å². The van der Waals surface area contributed by atoms with E-state index in [0.717, 1.165) is 80.9 Å². The van der Waals surface area contributed by atoms with E-state index in [-0.39, 0.29) is 28.6 Å². The van der Waals surface area contributed by atoms with E-state index in [0.29, 0.717) is 24.5 Å². The standard InChI is InChI=1S/C32H41ClN2O4S/c1-21-6-3-4-8-29(36)26-12-9-24(26)18-35-19-32(15-5-7-22-16-25(33)11-13-27(22)32)20-39-30-14-10-23(17-28(30)35)31(37)34-40(21,2)38/h10-11,13-14,16-17,21,24,26,29,36H,2-9,12,15,18-20H2,1H3,(H,34,37,38)/t21-,24+,26-,29-,32+,40?/m1/s1. The van der Waals surface area contributed by atoms with Gasteiger partial charge in [-0.1, -0.05) is 30.5 Å². The molecule has 1 fully saturated rings. The molecule has 6 atom stereocenters. The Morgan fingerprint density at radius 1 is 1.12 bits per heavy atom. The summed E-state index contributed by atoms with van der Waals surface area (Å²) in [7, 11) is -2.83. The summed E-state index contributed by atoms with van der Waals surface area (Å²) in [5.74, 6) is 4.96. The molecule has 2 aromatic carbocycles. The lowest BCUT2D eigenvalue weighted by Gasteiger charge is -2.45. The number of anilines is 1. The van der Waals surface area contributed by atoms with Crippen molar-refractivity contribution in [3.8, 4) is 5.75 Å². The number of aryl methyl sites for hydroxylation is 1. The second-order valence-corrected chi connectivity index (χ2v) is 15.5. The molecule has 8 heteroatoms. The third-order valence-electron chi connectivity index (χ3n) is 10.0. The van der Waals surface area contributed by atoms with E-state index in [2.05, 4.69) is 27.6 Å². The fraction of sp³-hybridized carbons (Fsp3) is 0.562. The molecule has 2 N–H and O–H groups in total. The minimum absolute atomic E-state index is 0.199. The summed E-state index contributed by atoms with van der Waals surface area (Å²) < 4.78 is 22.7. The molecule has 2 bridgehead atoms. The van der Waals surface area contributed by atoms with Gasteiger partial charge < -0.3 is 14.7 Å². The van der Waals surface area contributed by atoms with Gasteiger partial charge in [-0.15, -0.1) is 0 Å². The van der Waals surface area contributed by atoms with Crippen LogP contribution in [0.25, 0.3) is 0 Å². The van der Waals surface area contributed by atoms with Crippen molar-refractivity contribution in [2.45, 2.75) is 81.5 Å². The number of nitrogens with one attached hydrogen (secondary N) is 1. The molecule has 1 unspecified atom stereocenters. The maximum Gasteiger partial charge on any atom is 0.262 e. The second-order valence-electron chi connectivity index (χ2n) is 12.6. The van der Waals surface area contributed by atoms with Crippen molar-refractivity contribution in [3.05, 3.63) is 58.1 Å². The van der Waals surface area contributed by atoms with Gasteiger partial charge in [0.05, 0.1) is 28.1 Å². The highest BCUT2D eigenvalue weighted by molar-refractivity contribution is 7.99. The maximum absolute atomic E-state index is 13.4. The average molecular weight is 585 g/mol. The van der Waals surface area contributed by atoms with Crippen LogP contribution in [0.4, 0.5) is 5.69 Å². The molecule has 4 aliphatic rings. The number of hydrogen-bond acceptors (Lipinski definition) is 5. The van der Waals surface area contributed by atoms with E-state index in [4.69, 9.17) is 16.3 Å². The number of amides is 1. The van der Waals surface area contributed by atoms with Crippen LogP contribution in [0.3, 0.4) is 0 Å². The molecule has 6 rings (SSSR count). The van der Waals surface area contributed by atoms with Gasteiger partial charge in [-0.3, -0.25) is 9.52 Å². The summed E-state index contributed by atoms with van der Waals surface area (Å²) in [6, 6.07) is 11.8. The highest BCUT2D eigenvalue weighted by atomic mass is 35.5. The first kappa shape index (κ1) is 27.9. The number of fused-ring (bicyclic) bond motifs is 4. The molecule has 216 valence electrons. The number of ether oxygens (including phenoxy) is 1. The Morgan fingerprint density at radius 3 is 2.75 bits per heavy atom. The monoisotopic (exact) mass is 584 g/mol. The molecule has 1 amide bonds. The summed E-state index contributed by atoms with van der Waals surface area (Å²) >= 11 is 6.39. The number of rotatable bonds is 0. The predicted octanol–water partition coefficient (Wildman–Crippen LogP) is 5.52. The van der Waals surface area contributed by atoms with E-state index >= 15 is 0 Å². The highest BCUT2D eigenvalue weighted by Crippen LogP contribution is 2.47. The molecular formula is C32H41ClN2O4S. The molecule has 0 aromatic heterocycles. The zero-order valence-corrected chi connectivity index (χ0v) is 24.9. The van der Waals surface area contributed by atoms with Crippen LogP contribution in [-0.4, -0.2) is 52.1 Å². The Balaban J connectivity index is 1.41. The van der Waals surface area contributed by atoms with Crippen molar-refractivity contribution in [3.63, 3.8) is 0 Å². The average Bonchev–Trinajstić information content (AvgIpc) is 3.05. The van der Waals surface area contributed by atoms with Crippen molar-refractivity contribution < 1.29 is 18.8 Å². The van der Waals surface area contributed by atoms with Gasteiger partial charge >= 0.3 is 0 Å². The Bertz CT molecular complexity index is 1400. The van der Waals surface area contributed by atoms with Crippen molar-refractivity contribution in [2.24, 2.45) is 11.8 Å². The molecule has 0 saturated heterocycles. The molecule has 1 saturated carbocycles. The summed E-state index contributed by atoms with van der Waals surface area (Å²) in [4.78, 5) is 15.8. The van der Waals surface area contributed by atoms with E-state index in [1.807, 2.05) is 25.1 Å². The first-order valence-corrected chi connectivity index (χ1v) is 17.0. The Hall–Kier alpha value is -2.22. The number of nitrogens with zero attached hydrogens (tertiary/aromatic N) is 1. The zero-order valence-electron chi connectivity index (χ0n) is 23.4. The van der Waals surface area contributed by atoms with Gasteiger partial charge in [0.1, 0.15) is 5.75 Å². The van der Waals surface area contributed by atoms with Crippen LogP contribution < -0.4 is 14.4 Å². The highest BCUT2D eigenvalue weighted by Gasteiger charge is 2.44. The van der Waals surface area contributed by atoms with Crippen molar-refractivity contribution in [2.75, 3.05) is 24.6 Å². The van der Waals surface area contributed by atoms with Gasteiger partial charge in [0, 0.05) is 34.3 Å². The van der Waals surface area contributed by atoms with Crippen LogP contribution in [-0.2, 0) is 21.5 Å². The molecule has 2 aromatic rings. The molecule has 6 nitrogen and oxygen atoms in total. The summed E-state index contributed by atoms with van der Waals surface area (Å²) in [5.41, 5.74) is 3.74. The van der Waals surface area contributed by atoms with Crippen molar-refractivity contribution in [1.82, 2.24) is 4.72 Å². The first-order chi connectivity index (χ1) is 19.1. The van der Waals surface area contributed by atoms with Crippen LogP contribution in [0.5, 0.6) is 5.75 Å². The molecule has 2 aliphatic heterocycles. The number of hydrogen-bond donors (Lipinski definition) is 2. The maximum atomic E-state index is 13.4. The first-order valence-electron chi connectivity index (χ1n) is 14.8. The van der Waals surface area contributed by atoms with Crippen molar-refractivity contribution in [1.29, 1.82) is 0 Å². The summed E-state index contributed by atoms with van der Waals surface area (Å²) in [6.07, 6.45) is 8.07. The third-order valence-corrected chi connectivity index (χ3v) is 12.3.